The summed E-state index contributed by atoms with van der Waals surface area (Å²) in [5, 5.41) is 15.9. The number of amides is 1. The van der Waals surface area contributed by atoms with E-state index < -0.39 is 16.8 Å². The van der Waals surface area contributed by atoms with Crippen LogP contribution in [0.1, 0.15) is 10.4 Å². The van der Waals surface area contributed by atoms with E-state index in [-0.39, 0.29) is 51.7 Å². The summed E-state index contributed by atoms with van der Waals surface area (Å²) in [6, 6.07) is 3.63. The molecule has 0 radical (unpaired) electrons. The summed E-state index contributed by atoms with van der Waals surface area (Å²) in [5.74, 6) is -0.734. The molecule has 146 valence electrons. The Hall–Kier alpha value is -3.50. The van der Waals surface area contributed by atoms with Crippen molar-refractivity contribution in [3.05, 3.63) is 49.4 Å². The molecule has 10 heteroatoms. The van der Waals surface area contributed by atoms with Crippen LogP contribution in [0.5, 0.6) is 5.75 Å². The van der Waals surface area contributed by atoms with Crippen molar-refractivity contribution < 1.29 is 9.90 Å². The second kappa shape index (κ2) is 8.03. The van der Waals surface area contributed by atoms with Crippen LogP contribution in [0, 0.1) is 0 Å². The van der Waals surface area contributed by atoms with Crippen molar-refractivity contribution >= 4 is 34.2 Å². The van der Waals surface area contributed by atoms with Gasteiger partial charge in [0.1, 0.15) is 22.3 Å². The number of carbonyl (C=O) groups is 1. The van der Waals surface area contributed by atoms with E-state index in [9.17, 15) is 19.5 Å². The van der Waals surface area contributed by atoms with Gasteiger partial charge in [0, 0.05) is 38.4 Å². The first-order valence-electron chi connectivity index (χ1n) is 8.62. The van der Waals surface area contributed by atoms with Gasteiger partial charge < -0.3 is 32.2 Å². The van der Waals surface area contributed by atoms with Gasteiger partial charge in [0.15, 0.2) is 0 Å². The van der Waals surface area contributed by atoms with Crippen molar-refractivity contribution in [2.24, 2.45) is 11.5 Å². The third-order valence-electron chi connectivity index (χ3n) is 4.11. The fourth-order valence-electron chi connectivity index (χ4n) is 2.80. The van der Waals surface area contributed by atoms with Crippen molar-refractivity contribution in [1.29, 1.82) is 0 Å². The molecule has 1 aromatic heterocycles. The average Bonchev–Trinajstić information content (AvgIpc) is 2.68. The number of nitrogens with two attached hydrogens (primary N) is 2. The van der Waals surface area contributed by atoms with Crippen LogP contribution >= 0.6 is 0 Å². The average molecular weight is 384 g/mol. The van der Waals surface area contributed by atoms with Gasteiger partial charge in [-0.15, -0.1) is 0 Å². The summed E-state index contributed by atoms with van der Waals surface area (Å²) in [6.45, 7) is 1.32. The molecule has 8 N–H and O–H groups in total. The Morgan fingerprint density at radius 1 is 1.11 bits per heavy atom. The number of aromatic hydroxyl groups is 1. The Labute approximate surface area is 158 Å². The lowest BCUT2D eigenvalue weighted by Gasteiger charge is -2.09. The molecular weight excluding hydrogens is 364 g/mol. The number of H-pyrrole nitrogens is 1. The fraction of sp³-hybridized carbons (Fsp3) is 0.222. The topological polar surface area (TPSA) is 176 Å². The number of aromatic nitrogens is 2. The standard InChI is InChI=1S/C18H20N6O4/c19-3-5-21-8-10-12(26)7-13(27)17-15(10)24-16-11(25)2-1-9(14(16)23-17)18(28)22-6-4-20/h1-2,7-8,21,23,26H,3-6,19-20H2,(H,22,28)/b10-8-. The van der Waals surface area contributed by atoms with E-state index >= 15 is 0 Å². The summed E-state index contributed by atoms with van der Waals surface area (Å²) >= 11 is 0. The predicted octanol–water partition coefficient (Wildman–Crippen LogP) is -2.16. The molecule has 1 heterocycles. The summed E-state index contributed by atoms with van der Waals surface area (Å²) in [6.07, 6.45) is 1.47. The lowest BCUT2D eigenvalue weighted by atomic mass is 10.1. The lowest BCUT2D eigenvalue weighted by Crippen LogP contribution is -2.30. The molecule has 0 unspecified atom stereocenters. The van der Waals surface area contributed by atoms with E-state index in [1.54, 1.807) is 0 Å². The Balaban J connectivity index is 2.35. The van der Waals surface area contributed by atoms with E-state index in [2.05, 4.69) is 20.6 Å². The second-order valence-corrected chi connectivity index (χ2v) is 6.03. The minimum absolute atomic E-state index is 0.0219. The highest BCUT2D eigenvalue weighted by molar-refractivity contribution is 6.06. The van der Waals surface area contributed by atoms with Crippen molar-refractivity contribution in [2.75, 3.05) is 26.2 Å². The zero-order chi connectivity index (χ0) is 20.3. The Kier molecular flexibility index (Phi) is 5.52. The summed E-state index contributed by atoms with van der Waals surface area (Å²) in [4.78, 5) is 44.2. The van der Waals surface area contributed by atoms with E-state index in [1.165, 1.54) is 18.3 Å². The number of phenolic OH excluding ortho intramolecular Hbond substituents is 1. The van der Waals surface area contributed by atoms with Gasteiger partial charge in [0.25, 0.3) is 5.91 Å². The Morgan fingerprint density at radius 3 is 2.57 bits per heavy atom. The summed E-state index contributed by atoms with van der Waals surface area (Å²) in [7, 11) is 0. The van der Waals surface area contributed by atoms with Gasteiger partial charge in [-0.3, -0.25) is 14.4 Å². The van der Waals surface area contributed by atoms with Crippen molar-refractivity contribution in [2.45, 2.75) is 0 Å². The molecule has 3 aromatic rings. The quantitative estimate of drug-likeness (QED) is 0.205. The number of hydrogen-bond acceptors (Lipinski definition) is 8. The highest BCUT2D eigenvalue weighted by atomic mass is 16.3. The smallest absolute Gasteiger partial charge is 0.253 e. The summed E-state index contributed by atoms with van der Waals surface area (Å²) in [5.41, 5.74) is 10.3. The first-order valence-corrected chi connectivity index (χ1v) is 8.62. The fourth-order valence-corrected chi connectivity index (χ4v) is 2.80. The van der Waals surface area contributed by atoms with E-state index in [1.807, 2.05) is 0 Å². The van der Waals surface area contributed by atoms with E-state index in [0.717, 1.165) is 6.07 Å². The van der Waals surface area contributed by atoms with Crippen LogP contribution in [0.2, 0.25) is 0 Å². The maximum atomic E-state index is 12.4. The third-order valence-corrected chi connectivity index (χ3v) is 4.11. The van der Waals surface area contributed by atoms with Gasteiger partial charge in [0.05, 0.1) is 16.3 Å². The SMILES string of the molecule is NCCN/C=c1/c(O)cc(=O)c2[nH]c3c(C(=O)NCCN)ccc(=O)c3nc12. The monoisotopic (exact) mass is 384 g/mol. The number of phenols is 1. The number of rotatable bonds is 6. The largest absolute Gasteiger partial charge is 0.507 e. The van der Waals surface area contributed by atoms with Gasteiger partial charge >= 0.3 is 0 Å². The molecule has 0 fully saturated rings. The number of benzene rings is 2. The van der Waals surface area contributed by atoms with E-state index in [0.29, 0.717) is 13.1 Å². The van der Waals surface area contributed by atoms with Crippen LogP contribution in [0.15, 0.2) is 27.8 Å². The molecule has 0 aliphatic heterocycles. The molecule has 0 atom stereocenters. The maximum Gasteiger partial charge on any atom is 0.253 e. The van der Waals surface area contributed by atoms with Crippen molar-refractivity contribution in [3.63, 3.8) is 0 Å². The molecule has 3 rings (SSSR count). The molecular formula is C18H20N6O4. The van der Waals surface area contributed by atoms with Crippen LogP contribution in [-0.4, -0.2) is 47.2 Å². The van der Waals surface area contributed by atoms with Crippen molar-refractivity contribution in [1.82, 2.24) is 20.6 Å². The molecule has 0 saturated carbocycles. The first-order chi connectivity index (χ1) is 13.5. The van der Waals surface area contributed by atoms with Crippen LogP contribution in [0.3, 0.4) is 0 Å². The highest BCUT2D eigenvalue weighted by Crippen LogP contribution is 2.15. The van der Waals surface area contributed by atoms with Crippen LogP contribution in [-0.2, 0) is 0 Å². The van der Waals surface area contributed by atoms with Gasteiger partial charge in [-0.25, -0.2) is 4.98 Å². The molecule has 2 aromatic carbocycles. The number of fused-ring (bicyclic) bond motifs is 2. The predicted molar refractivity (Wildman–Crippen MR) is 106 cm³/mol. The minimum Gasteiger partial charge on any atom is -0.507 e. The van der Waals surface area contributed by atoms with Crippen LogP contribution in [0.4, 0.5) is 0 Å². The van der Waals surface area contributed by atoms with Gasteiger partial charge in [-0.05, 0) is 12.1 Å². The van der Waals surface area contributed by atoms with Crippen LogP contribution < -0.4 is 38.2 Å². The zero-order valence-electron chi connectivity index (χ0n) is 14.9. The number of carbonyl (C=O) groups excluding carboxylic acids is 1. The molecule has 0 aliphatic carbocycles. The van der Waals surface area contributed by atoms with Crippen LogP contribution in [0.25, 0.3) is 28.3 Å². The maximum absolute atomic E-state index is 12.4. The summed E-state index contributed by atoms with van der Waals surface area (Å²) < 4.78 is 0. The number of hydrogen-bond donors (Lipinski definition) is 6. The molecule has 10 nitrogen and oxygen atoms in total. The highest BCUT2D eigenvalue weighted by Gasteiger charge is 2.16. The lowest BCUT2D eigenvalue weighted by molar-refractivity contribution is 0.0956. The number of aromatic amines is 1. The number of nitrogens with zero attached hydrogens (tertiary/aromatic N) is 1. The normalized spacial score (nSPS) is 11.9. The molecule has 28 heavy (non-hydrogen) atoms. The van der Waals surface area contributed by atoms with Gasteiger partial charge in [0.2, 0.25) is 10.9 Å². The zero-order valence-corrected chi connectivity index (χ0v) is 14.9. The molecule has 0 spiro atoms. The van der Waals surface area contributed by atoms with Gasteiger partial charge in [-0.1, -0.05) is 0 Å². The first kappa shape index (κ1) is 19.3. The van der Waals surface area contributed by atoms with E-state index in [4.69, 9.17) is 11.5 Å². The molecule has 0 aliphatic rings. The molecule has 0 saturated heterocycles. The molecule has 1 amide bonds. The Morgan fingerprint density at radius 2 is 1.86 bits per heavy atom. The number of nitrogens with one attached hydrogen (secondary N) is 3. The van der Waals surface area contributed by atoms with Gasteiger partial charge in [-0.2, -0.15) is 0 Å². The third kappa shape index (κ3) is 3.50. The van der Waals surface area contributed by atoms with Crippen molar-refractivity contribution in [3.8, 4) is 5.75 Å². The molecule has 0 bridgehead atoms. The Bertz CT molecular complexity index is 1220. The second-order valence-electron chi connectivity index (χ2n) is 6.03. The minimum atomic E-state index is -0.525.